The molecule has 2 atom stereocenters. The highest BCUT2D eigenvalue weighted by atomic mass is 32.2. The molecular weight excluding hydrogens is 610 g/mol. The summed E-state index contributed by atoms with van der Waals surface area (Å²) in [7, 11) is -4.51. The molecule has 1 aliphatic heterocycles. The van der Waals surface area contributed by atoms with E-state index in [1.54, 1.807) is 17.0 Å². The maximum Gasteiger partial charge on any atom is 0.435 e. The van der Waals surface area contributed by atoms with Gasteiger partial charge in [0.1, 0.15) is 10.6 Å². The number of likely N-dealkylation sites (tertiary alicyclic amines) is 1. The van der Waals surface area contributed by atoms with Gasteiger partial charge in [-0.2, -0.15) is 26.3 Å². The Balaban J connectivity index is 1.68. The van der Waals surface area contributed by atoms with Crippen LogP contribution in [0.25, 0.3) is 0 Å². The largest absolute Gasteiger partial charge is 0.478 e. The van der Waals surface area contributed by atoms with Crippen LogP contribution in [0.4, 0.5) is 35.1 Å². The summed E-state index contributed by atoms with van der Waals surface area (Å²) >= 11 is 0. The average Bonchev–Trinajstić information content (AvgIpc) is 3.31. The number of carboxylic acid groups (broad SMARTS) is 1. The number of nitrogens with zero attached hydrogens (tertiary/aromatic N) is 1. The molecule has 1 saturated heterocycles. The third-order valence-corrected chi connectivity index (χ3v) is 10.9. The van der Waals surface area contributed by atoms with E-state index in [9.17, 15) is 53.4 Å². The quantitative estimate of drug-likeness (QED) is 0.242. The van der Waals surface area contributed by atoms with Gasteiger partial charge in [-0.15, -0.1) is 0 Å². The smallest absolute Gasteiger partial charge is 0.435 e. The van der Waals surface area contributed by atoms with Crippen LogP contribution in [0.5, 0.6) is 0 Å². The van der Waals surface area contributed by atoms with Crippen LogP contribution in [-0.4, -0.2) is 49.3 Å². The molecule has 3 aromatic carbocycles. The van der Waals surface area contributed by atoms with E-state index in [1.807, 2.05) is 0 Å². The highest BCUT2D eigenvalue weighted by Crippen LogP contribution is 2.56. The van der Waals surface area contributed by atoms with Gasteiger partial charge in [0.15, 0.2) is 9.84 Å². The van der Waals surface area contributed by atoms with E-state index in [0.717, 1.165) is 30.3 Å². The Hall–Kier alpha value is -3.52. The van der Waals surface area contributed by atoms with Gasteiger partial charge in [0.25, 0.3) is 0 Å². The van der Waals surface area contributed by atoms with Gasteiger partial charge in [-0.05, 0) is 66.3 Å². The Kier molecular flexibility index (Phi) is 7.40. The van der Waals surface area contributed by atoms with Crippen molar-refractivity contribution in [2.24, 2.45) is 0 Å². The number of hydrogen-bond acceptors (Lipinski definition) is 4. The number of aryl methyl sites for hydroxylation is 1. The molecule has 1 fully saturated rings. The standard InChI is InChI=1S/C29H23F8NO4S/c30-20-7-9-21(10-8-20)43(41,42)26-13-14-38(16-18-3-1-2-4-22(18)25(39)40)24(26)12-5-17-15-19(6-11-23(17)26)27(31,28(32,33)34)29(35,36)37/h1-4,6-11,15,24H,5,12-14,16H2,(H,39,40)/t24-,26-/m0/s1. The van der Waals surface area contributed by atoms with E-state index in [2.05, 4.69) is 0 Å². The van der Waals surface area contributed by atoms with Gasteiger partial charge in [-0.3, -0.25) is 4.90 Å². The highest BCUT2D eigenvalue weighted by Gasteiger charge is 2.73. The lowest BCUT2D eigenvalue weighted by Crippen LogP contribution is -2.52. The monoisotopic (exact) mass is 633 g/mol. The molecule has 1 N–H and O–H groups in total. The van der Waals surface area contributed by atoms with Crippen molar-refractivity contribution < 1.29 is 53.4 Å². The molecule has 230 valence electrons. The van der Waals surface area contributed by atoms with Crippen LogP contribution in [0.3, 0.4) is 0 Å². The summed E-state index contributed by atoms with van der Waals surface area (Å²) in [6.45, 7) is 0.0510. The third-order valence-electron chi connectivity index (χ3n) is 8.40. The number of hydrogen-bond donors (Lipinski definition) is 1. The maximum absolute atomic E-state index is 15.0. The second kappa shape index (κ2) is 10.3. The fraction of sp³-hybridized carbons (Fsp3) is 0.345. The molecular formula is C29H23F8NO4S. The number of aromatic carboxylic acids is 1. The van der Waals surface area contributed by atoms with E-state index >= 15 is 0 Å². The Morgan fingerprint density at radius 1 is 0.930 bits per heavy atom. The molecule has 2 aliphatic rings. The maximum atomic E-state index is 15.0. The van der Waals surface area contributed by atoms with Crippen molar-refractivity contribution >= 4 is 15.8 Å². The zero-order valence-corrected chi connectivity index (χ0v) is 22.8. The number of carbonyl (C=O) groups is 1. The van der Waals surface area contributed by atoms with Gasteiger partial charge in [0.2, 0.25) is 0 Å². The Morgan fingerprint density at radius 3 is 2.16 bits per heavy atom. The second-order valence-electron chi connectivity index (χ2n) is 10.6. The molecule has 3 aromatic rings. The summed E-state index contributed by atoms with van der Waals surface area (Å²) in [5, 5.41) is 9.62. The fourth-order valence-corrected chi connectivity index (χ4v) is 8.81. The fourth-order valence-electron chi connectivity index (χ4n) is 6.42. The molecule has 0 unspecified atom stereocenters. The van der Waals surface area contributed by atoms with Crippen LogP contribution in [0.2, 0.25) is 0 Å². The minimum absolute atomic E-state index is 0.0169. The number of halogens is 8. The molecule has 0 saturated carbocycles. The topological polar surface area (TPSA) is 74.7 Å². The summed E-state index contributed by atoms with van der Waals surface area (Å²) in [5.74, 6) is -1.95. The zero-order valence-electron chi connectivity index (χ0n) is 22.0. The lowest BCUT2D eigenvalue weighted by atomic mass is 9.76. The van der Waals surface area contributed by atoms with Crippen molar-refractivity contribution in [2.45, 2.75) is 59.5 Å². The molecule has 0 aromatic heterocycles. The SMILES string of the molecule is O=C(O)c1ccccc1CN1CC[C@]2(S(=O)(=O)c3ccc(F)cc3)c3ccc(C(F)(C(F)(F)F)C(F)(F)F)cc3CC[C@H]12. The number of benzene rings is 3. The van der Waals surface area contributed by atoms with Gasteiger partial charge in [-0.1, -0.05) is 36.4 Å². The van der Waals surface area contributed by atoms with Gasteiger partial charge in [0.05, 0.1) is 10.5 Å². The van der Waals surface area contributed by atoms with Gasteiger partial charge < -0.3 is 5.11 Å². The highest BCUT2D eigenvalue weighted by molar-refractivity contribution is 7.92. The summed E-state index contributed by atoms with van der Waals surface area (Å²) < 4.78 is 137. The predicted octanol–water partition coefficient (Wildman–Crippen LogP) is 6.70. The summed E-state index contributed by atoms with van der Waals surface area (Å²) in [5.41, 5.74) is -7.36. The third kappa shape index (κ3) is 4.69. The normalized spacial score (nSPS) is 21.3. The number of alkyl halides is 7. The van der Waals surface area contributed by atoms with Crippen molar-refractivity contribution in [1.82, 2.24) is 4.90 Å². The van der Waals surface area contributed by atoms with E-state index in [1.165, 1.54) is 12.1 Å². The van der Waals surface area contributed by atoms with Crippen molar-refractivity contribution in [2.75, 3.05) is 6.54 Å². The Morgan fingerprint density at radius 2 is 1.56 bits per heavy atom. The first kappa shape index (κ1) is 30.9. The van der Waals surface area contributed by atoms with Gasteiger partial charge in [0, 0.05) is 24.7 Å². The minimum Gasteiger partial charge on any atom is -0.478 e. The number of rotatable bonds is 6. The predicted molar refractivity (Wildman–Crippen MR) is 137 cm³/mol. The first-order valence-corrected chi connectivity index (χ1v) is 14.4. The first-order valence-electron chi connectivity index (χ1n) is 13.0. The zero-order chi connectivity index (χ0) is 31.6. The number of carboxylic acids is 1. The molecule has 1 aliphatic carbocycles. The van der Waals surface area contributed by atoms with Crippen molar-refractivity contribution in [3.8, 4) is 0 Å². The van der Waals surface area contributed by atoms with Crippen molar-refractivity contribution in [3.05, 3.63) is 100 Å². The molecule has 14 heteroatoms. The first-order chi connectivity index (χ1) is 19.9. The lowest BCUT2D eigenvalue weighted by Gasteiger charge is -2.43. The second-order valence-corrected chi connectivity index (χ2v) is 12.8. The summed E-state index contributed by atoms with van der Waals surface area (Å²) in [4.78, 5) is 13.2. The Bertz CT molecular complexity index is 1660. The van der Waals surface area contributed by atoms with E-state index in [0.29, 0.717) is 17.7 Å². The molecule has 5 rings (SSSR count). The molecule has 43 heavy (non-hydrogen) atoms. The lowest BCUT2D eigenvalue weighted by molar-refractivity contribution is -0.348. The number of fused-ring (bicyclic) bond motifs is 3. The van der Waals surface area contributed by atoms with Gasteiger partial charge in [-0.25, -0.2) is 22.0 Å². The van der Waals surface area contributed by atoms with E-state index in [4.69, 9.17) is 0 Å². The Labute approximate surface area is 240 Å². The molecule has 5 nitrogen and oxygen atoms in total. The molecule has 0 spiro atoms. The van der Waals surface area contributed by atoms with E-state index in [-0.39, 0.29) is 53.9 Å². The minimum atomic E-state index is -6.35. The van der Waals surface area contributed by atoms with Crippen molar-refractivity contribution in [1.29, 1.82) is 0 Å². The van der Waals surface area contributed by atoms with Crippen LogP contribution in [-0.2, 0) is 33.2 Å². The van der Waals surface area contributed by atoms with Gasteiger partial charge >= 0.3 is 24.0 Å². The summed E-state index contributed by atoms with van der Waals surface area (Å²) in [6.07, 6.45) is -13.1. The van der Waals surface area contributed by atoms with E-state index < -0.39 is 56.0 Å². The van der Waals surface area contributed by atoms with Crippen LogP contribution < -0.4 is 0 Å². The average molecular weight is 634 g/mol. The van der Waals surface area contributed by atoms with Crippen molar-refractivity contribution in [3.63, 3.8) is 0 Å². The summed E-state index contributed by atoms with van der Waals surface area (Å²) in [6, 6.07) is 10.5. The molecule has 1 heterocycles. The number of sulfone groups is 1. The van der Waals surface area contributed by atoms with Crippen LogP contribution in [0.1, 0.15) is 45.5 Å². The molecule has 0 bridgehead atoms. The van der Waals surface area contributed by atoms with Crippen LogP contribution in [0, 0.1) is 5.82 Å². The van der Waals surface area contributed by atoms with Crippen LogP contribution in [0.15, 0.2) is 71.6 Å². The van der Waals surface area contributed by atoms with Crippen LogP contribution >= 0.6 is 0 Å². The molecule has 0 radical (unpaired) electrons. The molecule has 0 amide bonds.